The molecule has 0 unspecified atom stereocenters. The van der Waals surface area contributed by atoms with E-state index in [-0.39, 0.29) is 24.9 Å². The minimum Gasteiger partial charge on any atom is -0.481 e. The SMILES string of the molecule is COc1nc2ccccc2cc1CN1CCOC[C@H]1CC(=O)NCC(N)=O. The van der Waals surface area contributed by atoms with Gasteiger partial charge in [-0.3, -0.25) is 14.5 Å². The van der Waals surface area contributed by atoms with Gasteiger partial charge in [0.1, 0.15) is 0 Å². The lowest BCUT2D eigenvalue weighted by Gasteiger charge is -2.35. The molecule has 0 aliphatic carbocycles. The summed E-state index contributed by atoms with van der Waals surface area (Å²) in [5, 5.41) is 3.57. The van der Waals surface area contributed by atoms with Gasteiger partial charge in [-0.1, -0.05) is 18.2 Å². The highest BCUT2D eigenvalue weighted by Gasteiger charge is 2.26. The van der Waals surface area contributed by atoms with Gasteiger partial charge in [0.15, 0.2) is 0 Å². The zero-order valence-electron chi connectivity index (χ0n) is 15.3. The van der Waals surface area contributed by atoms with Crippen LogP contribution >= 0.6 is 0 Å². The summed E-state index contributed by atoms with van der Waals surface area (Å²) in [5.74, 6) is -0.206. The molecule has 144 valence electrons. The average Bonchev–Trinajstić information content (AvgIpc) is 2.67. The van der Waals surface area contributed by atoms with Crippen molar-refractivity contribution in [1.29, 1.82) is 0 Å². The monoisotopic (exact) mass is 372 g/mol. The zero-order chi connectivity index (χ0) is 19.2. The summed E-state index contributed by atoms with van der Waals surface area (Å²) in [4.78, 5) is 29.7. The first-order valence-corrected chi connectivity index (χ1v) is 8.86. The second-order valence-electron chi connectivity index (χ2n) is 6.50. The molecular weight excluding hydrogens is 348 g/mol. The summed E-state index contributed by atoms with van der Waals surface area (Å²) < 4.78 is 11.0. The van der Waals surface area contributed by atoms with Crippen molar-refractivity contribution in [2.24, 2.45) is 5.73 Å². The van der Waals surface area contributed by atoms with Crippen molar-refractivity contribution >= 4 is 22.7 Å². The van der Waals surface area contributed by atoms with Gasteiger partial charge in [0, 0.05) is 36.5 Å². The molecule has 2 aromatic rings. The summed E-state index contributed by atoms with van der Waals surface area (Å²) in [5.41, 5.74) is 6.91. The molecule has 3 N–H and O–H groups in total. The smallest absolute Gasteiger partial charge is 0.236 e. The predicted molar refractivity (Wildman–Crippen MR) is 100 cm³/mol. The number of primary amides is 1. The number of amides is 2. The van der Waals surface area contributed by atoms with E-state index in [1.165, 1.54) is 0 Å². The second-order valence-corrected chi connectivity index (χ2v) is 6.50. The van der Waals surface area contributed by atoms with E-state index >= 15 is 0 Å². The van der Waals surface area contributed by atoms with Crippen molar-refractivity contribution in [3.63, 3.8) is 0 Å². The highest BCUT2D eigenvalue weighted by molar-refractivity contribution is 5.84. The molecule has 0 radical (unpaired) electrons. The highest BCUT2D eigenvalue weighted by atomic mass is 16.5. The molecule has 1 aromatic carbocycles. The summed E-state index contributed by atoms with van der Waals surface area (Å²) in [6.07, 6.45) is 0.233. The number of carbonyl (C=O) groups excluding carboxylic acids is 2. The first kappa shape index (κ1) is 19.1. The first-order chi connectivity index (χ1) is 13.1. The largest absolute Gasteiger partial charge is 0.481 e. The molecule has 3 rings (SSSR count). The van der Waals surface area contributed by atoms with E-state index in [1.807, 2.05) is 24.3 Å². The first-order valence-electron chi connectivity index (χ1n) is 8.86. The van der Waals surface area contributed by atoms with E-state index in [0.717, 1.165) is 16.5 Å². The van der Waals surface area contributed by atoms with Crippen LogP contribution in [0.25, 0.3) is 10.9 Å². The van der Waals surface area contributed by atoms with E-state index in [0.29, 0.717) is 32.2 Å². The van der Waals surface area contributed by atoms with Gasteiger partial charge in [-0.05, 0) is 12.1 Å². The zero-order valence-corrected chi connectivity index (χ0v) is 15.3. The third kappa shape index (κ3) is 4.93. The Balaban J connectivity index is 1.74. The van der Waals surface area contributed by atoms with Gasteiger partial charge in [0.25, 0.3) is 0 Å². The number of nitrogens with one attached hydrogen (secondary N) is 1. The summed E-state index contributed by atoms with van der Waals surface area (Å²) in [7, 11) is 1.61. The maximum atomic E-state index is 12.1. The Bertz CT molecular complexity index is 826. The van der Waals surface area contributed by atoms with Gasteiger partial charge < -0.3 is 20.5 Å². The number of nitrogens with zero attached hydrogens (tertiary/aromatic N) is 2. The van der Waals surface area contributed by atoms with Gasteiger partial charge >= 0.3 is 0 Å². The van der Waals surface area contributed by atoms with Gasteiger partial charge in [-0.2, -0.15) is 0 Å². The van der Waals surface area contributed by atoms with Crippen LogP contribution in [0.1, 0.15) is 12.0 Å². The van der Waals surface area contributed by atoms with Crippen molar-refractivity contribution in [1.82, 2.24) is 15.2 Å². The number of fused-ring (bicyclic) bond motifs is 1. The molecule has 1 saturated heterocycles. The number of hydrogen-bond donors (Lipinski definition) is 2. The molecular formula is C19H24N4O4. The number of para-hydroxylation sites is 1. The Morgan fingerprint density at radius 2 is 2.22 bits per heavy atom. The second kappa shape index (κ2) is 8.79. The minimum absolute atomic E-state index is 0.0946. The molecule has 27 heavy (non-hydrogen) atoms. The molecule has 0 saturated carbocycles. The molecule has 2 amide bonds. The van der Waals surface area contributed by atoms with Gasteiger partial charge in [0.05, 0.1) is 32.4 Å². The molecule has 1 atom stereocenters. The van der Waals surface area contributed by atoms with Crippen LogP contribution in [0.4, 0.5) is 0 Å². The van der Waals surface area contributed by atoms with E-state index in [9.17, 15) is 9.59 Å². The number of ether oxygens (including phenoxy) is 2. The molecule has 0 bridgehead atoms. The normalized spacial score (nSPS) is 17.6. The van der Waals surface area contributed by atoms with Crippen molar-refractivity contribution in [2.45, 2.75) is 19.0 Å². The molecule has 8 heteroatoms. The molecule has 1 fully saturated rings. The number of morpholine rings is 1. The number of benzene rings is 1. The standard InChI is InChI=1S/C19H24N4O4/c1-26-19-14(8-13-4-2-3-5-16(13)22-19)11-23-6-7-27-12-15(23)9-18(25)21-10-17(20)24/h2-5,8,15H,6-7,9-12H2,1H3,(H2,20,24)(H,21,25)/t15-/m1/s1. The Morgan fingerprint density at radius 3 is 3.00 bits per heavy atom. The van der Waals surface area contributed by atoms with E-state index < -0.39 is 5.91 Å². The lowest BCUT2D eigenvalue weighted by atomic mass is 10.1. The van der Waals surface area contributed by atoms with Gasteiger partial charge in [0.2, 0.25) is 17.7 Å². The number of aromatic nitrogens is 1. The van der Waals surface area contributed by atoms with E-state index in [1.54, 1.807) is 7.11 Å². The number of nitrogens with two attached hydrogens (primary N) is 1. The fraction of sp³-hybridized carbons (Fsp3) is 0.421. The molecule has 1 aliphatic heterocycles. The molecule has 1 aliphatic rings. The number of rotatable bonds is 7. The van der Waals surface area contributed by atoms with Gasteiger partial charge in [-0.15, -0.1) is 0 Å². The van der Waals surface area contributed by atoms with Crippen molar-refractivity contribution in [2.75, 3.05) is 33.4 Å². The van der Waals surface area contributed by atoms with Gasteiger partial charge in [-0.25, -0.2) is 4.98 Å². The average molecular weight is 372 g/mol. The summed E-state index contributed by atoms with van der Waals surface area (Å²) >= 11 is 0. The molecule has 0 spiro atoms. The third-order valence-corrected chi connectivity index (χ3v) is 4.56. The molecule has 1 aromatic heterocycles. The van der Waals surface area contributed by atoms with E-state index in [4.69, 9.17) is 15.2 Å². The predicted octanol–water partition coefficient (Wildman–Crippen LogP) is 0.436. The van der Waals surface area contributed by atoms with Crippen LogP contribution in [-0.4, -0.2) is 61.2 Å². The lowest BCUT2D eigenvalue weighted by Crippen LogP contribution is -2.47. The fourth-order valence-electron chi connectivity index (χ4n) is 3.21. The maximum Gasteiger partial charge on any atom is 0.236 e. The topological polar surface area (TPSA) is 107 Å². The Kier molecular flexibility index (Phi) is 6.20. The third-order valence-electron chi connectivity index (χ3n) is 4.56. The van der Waals surface area contributed by atoms with Crippen LogP contribution in [0.15, 0.2) is 30.3 Å². The Hall–Kier alpha value is -2.71. The van der Waals surface area contributed by atoms with Crippen LogP contribution in [0.5, 0.6) is 5.88 Å². The fourth-order valence-corrected chi connectivity index (χ4v) is 3.21. The minimum atomic E-state index is -0.563. The summed E-state index contributed by atoms with van der Waals surface area (Å²) in [6.45, 7) is 2.19. The van der Waals surface area contributed by atoms with Crippen molar-refractivity contribution < 1.29 is 19.1 Å². The Labute approximate surface area is 157 Å². The van der Waals surface area contributed by atoms with Crippen LogP contribution in [0, 0.1) is 0 Å². The number of methoxy groups -OCH3 is 1. The van der Waals surface area contributed by atoms with Crippen molar-refractivity contribution in [3.05, 3.63) is 35.9 Å². The number of hydrogen-bond acceptors (Lipinski definition) is 6. The lowest BCUT2D eigenvalue weighted by molar-refractivity contribution is -0.127. The van der Waals surface area contributed by atoms with Crippen LogP contribution < -0.4 is 15.8 Å². The van der Waals surface area contributed by atoms with Crippen molar-refractivity contribution in [3.8, 4) is 5.88 Å². The van der Waals surface area contributed by atoms with Crippen LogP contribution in [0.2, 0.25) is 0 Å². The van der Waals surface area contributed by atoms with Crippen LogP contribution in [0.3, 0.4) is 0 Å². The number of carbonyl (C=O) groups is 2. The molecule has 2 heterocycles. The van der Waals surface area contributed by atoms with E-state index in [2.05, 4.69) is 21.3 Å². The van der Waals surface area contributed by atoms with Crippen LogP contribution in [-0.2, 0) is 20.9 Å². The maximum absolute atomic E-state index is 12.1. The highest BCUT2D eigenvalue weighted by Crippen LogP contribution is 2.25. The Morgan fingerprint density at radius 1 is 1.41 bits per heavy atom. The summed E-state index contributed by atoms with van der Waals surface area (Å²) in [6, 6.07) is 9.85. The number of pyridine rings is 1. The molecule has 8 nitrogen and oxygen atoms in total. The quantitative estimate of drug-likeness (QED) is 0.730.